The molecule has 3 atom stereocenters. The Kier molecular flexibility index (Phi) is 22.3. The first kappa shape index (κ1) is 52.9. The van der Waals surface area contributed by atoms with Crippen molar-refractivity contribution in [1.29, 1.82) is 0 Å². The third-order valence-electron chi connectivity index (χ3n) is 7.49. The van der Waals surface area contributed by atoms with E-state index < -0.39 is 74.1 Å². The van der Waals surface area contributed by atoms with Gasteiger partial charge in [0.2, 0.25) is 24.0 Å². The molecule has 0 aliphatic rings. The van der Waals surface area contributed by atoms with Crippen LogP contribution in [0.15, 0.2) is 0 Å². The van der Waals surface area contributed by atoms with E-state index in [2.05, 4.69) is 16.0 Å². The van der Waals surface area contributed by atoms with Gasteiger partial charge in [0.1, 0.15) is 6.61 Å². The number of amides is 5. The van der Waals surface area contributed by atoms with Crippen LogP contribution in [0.2, 0.25) is 0 Å². The summed E-state index contributed by atoms with van der Waals surface area (Å²) in [6.07, 6.45) is -5.37. The summed E-state index contributed by atoms with van der Waals surface area (Å²) >= 11 is 11.1. The smallest absolute Gasteiger partial charge is 0.432 e. The largest absolute Gasteiger partial charge is 0.511 e. The Bertz CT molecular complexity index is 1900. The highest BCUT2D eigenvalue weighted by molar-refractivity contribution is 14.1. The summed E-state index contributed by atoms with van der Waals surface area (Å²) in [6, 6.07) is 0. The third-order valence-corrected chi connectivity index (χ3v) is 13.9. The van der Waals surface area contributed by atoms with Gasteiger partial charge in [-0.05, 0) is 136 Å². The number of nitrogens with one attached hydrogen (secondary N) is 3. The molecule has 2 rings (SSSR count). The van der Waals surface area contributed by atoms with Gasteiger partial charge in [0, 0.05) is 51.4 Å². The highest BCUT2D eigenvalue weighted by atomic mass is 127. The molecular formula is C33H37I6N5O14. The fourth-order valence-electron chi connectivity index (χ4n) is 4.63. The Balaban J connectivity index is 2.39. The Labute approximate surface area is 414 Å². The molecule has 2 aromatic rings. The first-order valence-corrected chi connectivity index (χ1v) is 22.9. The molecule has 0 aromatic heterocycles. The minimum Gasteiger partial charge on any atom is -0.432 e. The predicted octanol–water partition coefficient (Wildman–Crippen LogP) is 3.13. The van der Waals surface area contributed by atoms with Crippen LogP contribution in [0.5, 0.6) is 0 Å². The van der Waals surface area contributed by atoms with Gasteiger partial charge in [0.05, 0.1) is 83.6 Å². The monoisotopic (exact) mass is 1490 g/mol. The molecule has 0 spiro atoms. The van der Waals surface area contributed by atoms with Gasteiger partial charge < -0.3 is 60.4 Å². The number of rotatable bonds is 17. The number of carbonyl (C=O) groups is 7. The van der Waals surface area contributed by atoms with Gasteiger partial charge in [0.15, 0.2) is 0 Å². The second-order valence-electron chi connectivity index (χ2n) is 11.8. The van der Waals surface area contributed by atoms with Gasteiger partial charge in [0.25, 0.3) is 11.8 Å². The molecular weight excluding hydrogens is 1450 g/mol. The van der Waals surface area contributed by atoms with Gasteiger partial charge in [-0.3, -0.25) is 24.0 Å². The SMILES string of the molecule is CC(=O)Nc1c(I)c(C(=O)OC(C)OC(=O)OCCN(C(C)=O)c2c(I)c(C(=O)NCC(O)CO)c(I)c(C(=O)NCC(O)CO)c2I)c(I)c(N(C)C(C)=O)c1I. The fourth-order valence-corrected chi connectivity index (χ4v) is 14.0. The van der Waals surface area contributed by atoms with Crippen LogP contribution in [0.25, 0.3) is 0 Å². The summed E-state index contributed by atoms with van der Waals surface area (Å²) in [5, 5.41) is 45.7. The molecule has 0 radical (unpaired) electrons. The lowest BCUT2D eigenvalue weighted by molar-refractivity contribution is -0.117. The first-order chi connectivity index (χ1) is 27.0. The molecule has 0 heterocycles. The average molecular weight is 1490 g/mol. The Morgan fingerprint density at radius 2 is 1.16 bits per heavy atom. The maximum Gasteiger partial charge on any atom is 0.511 e. The van der Waals surface area contributed by atoms with Crippen LogP contribution in [0.3, 0.4) is 0 Å². The van der Waals surface area contributed by atoms with Gasteiger partial charge in [-0.25, -0.2) is 9.59 Å². The molecule has 0 aliphatic heterocycles. The van der Waals surface area contributed by atoms with Crippen molar-refractivity contribution in [2.45, 2.75) is 46.2 Å². The number of hydrogen-bond donors (Lipinski definition) is 7. The molecule has 19 nitrogen and oxygen atoms in total. The number of aliphatic hydroxyl groups excluding tert-OH is 4. The number of carbonyl (C=O) groups excluding carboxylic acids is 7. The number of nitrogens with zero attached hydrogens (tertiary/aromatic N) is 2. The lowest BCUT2D eigenvalue weighted by Gasteiger charge is -2.27. The van der Waals surface area contributed by atoms with Crippen molar-refractivity contribution in [3.8, 4) is 0 Å². The van der Waals surface area contributed by atoms with Gasteiger partial charge in [-0.1, -0.05) is 0 Å². The van der Waals surface area contributed by atoms with E-state index in [9.17, 15) is 54.0 Å². The molecule has 58 heavy (non-hydrogen) atoms. The molecule has 2 aromatic carbocycles. The molecule has 0 saturated heterocycles. The van der Waals surface area contributed by atoms with Gasteiger partial charge in [-0.2, -0.15) is 0 Å². The number of anilines is 3. The van der Waals surface area contributed by atoms with Crippen LogP contribution in [-0.4, -0.2) is 127 Å². The highest BCUT2D eigenvalue weighted by Crippen LogP contribution is 2.41. The summed E-state index contributed by atoms with van der Waals surface area (Å²) in [5.74, 6) is -3.81. The van der Waals surface area contributed by atoms with E-state index >= 15 is 0 Å². The number of halogens is 6. The topological polar surface area (TPSA) is 271 Å². The second kappa shape index (κ2) is 24.4. The number of hydrogen-bond acceptors (Lipinski definition) is 14. The van der Waals surface area contributed by atoms with Crippen molar-refractivity contribution in [2.75, 3.05) is 61.6 Å². The molecule has 0 fully saturated rings. The number of ether oxygens (including phenoxy) is 3. The maximum atomic E-state index is 13.5. The van der Waals surface area contributed by atoms with Crippen molar-refractivity contribution in [3.63, 3.8) is 0 Å². The quantitative estimate of drug-likeness (QED) is 0.0682. The molecule has 25 heteroatoms. The van der Waals surface area contributed by atoms with E-state index in [-0.39, 0.29) is 64.3 Å². The van der Waals surface area contributed by atoms with E-state index in [1.807, 2.05) is 113 Å². The maximum absolute atomic E-state index is 13.5. The molecule has 7 N–H and O–H groups in total. The van der Waals surface area contributed by atoms with E-state index in [4.69, 9.17) is 14.2 Å². The fraction of sp³-hybridized carbons (Fsp3) is 0.424. The summed E-state index contributed by atoms with van der Waals surface area (Å²) < 4.78 is 17.4. The summed E-state index contributed by atoms with van der Waals surface area (Å²) in [7, 11) is 1.50. The Morgan fingerprint density at radius 3 is 1.59 bits per heavy atom. The zero-order valence-corrected chi connectivity index (χ0v) is 44.0. The van der Waals surface area contributed by atoms with Crippen LogP contribution in [0, 0.1) is 21.4 Å². The normalized spacial score (nSPS) is 12.4. The van der Waals surface area contributed by atoms with Crippen LogP contribution in [0.1, 0.15) is 58.8 Å². The molecule has 0 bridgehead atoms. The summed E-state index contributed by atoms with van der Waals surface area (Å²) in [5.41, 5.74) is 0.575. The second-order valence-corrected chi connectivity index (χ2v) is 18.3. The Hall–Kier alpha value is -1.25. The standard InChI is InChI=1S/C33H37I6N5O14/c1-12(47)42-27-22(35)20(25(38)28(26(27)39)43(5)13(2)48)32(54)57-15(4)58-33(55)56-7-6-44(14(3)49)29-23(36)18(30(52)40-8-16(50)10-45)21(34)19(24(29)37)31(53)41-9-17(51)11-46/h15-17,45-46,50-51H,6-11H2,1-5H3,(H,40,52)(H,41,53)(H,42,47). The lowest BCUT2D eigenvalue weighted by Crippen LogP contribution is -2.39. The van der Waals surface area contributed by atoms with Crippen molar-refractivity contribution in [1.82, 2.24) is 10.6 Å². The summed E-state index contributed by atoms with van der Waals surface area (Å²) in [6.45, 7) is 2.29. The van der Waals surface area contributed by atoms with Crippen molar-refractivity contribution in [2.24, 2.45) is 0 Å². The van der Waals surface area contributed by atoms with Gasteiger partial charge in [-0.15, -0.1) is 0 Å². The zero-order valence-electron chi connectivity index (χ0n) is 31.0. The highest BCUT2D eigenvalue weighted by Gasteiger charge is 2.33. The first-order valence-electron chi connectivity index (χ1n) is 16.4. The van der Waals surface area contributed by atoms with Crippen molar-refractivity contribution < 1.29 is 68.2 Å². The Morgan fingerprint density at radius 1 is 0.672 bits per heavy atom. The van der Waals surface area contributed by atoms with Crippen LogP contribution in [-0.2, 0) is 28.6 Å². The van der Waals surface area contributed by atoms with E-state index in [0.717, 1.165) is 4.90 Å². The van der Waals surface area contributed by atoms with Gasteiger partial charge >= 0.3 is 12.1 Å². The summed E-state index contributed by atoms with van der Waals surface area (Å²) in [4.78, 5) is 93.0. The van der Waals surface area contributed by atoms with Crippen LogP contribution in [0.4, 0.5) is 21.9 Å². The minimum absolute atomic E-state index is 0.00800. The molecule has 320 valence electrons. The van der Waals surface area contributed by atoms with E-state index in [0.29, 0.717) is 16.4 Å². The number of esters is 1. The minimum atomic E-state index is -1.51. The molecule has 0 aliphatic carbocycles. The van der Waals surface area contributed by atoms with Crippen molar-refractivity contribution >= 4 is 194 Å². The zero-order chi connectivity index (χ0) is 44.3. The van der Waals surface area contributed by atoms with Crippen molar-refractivity contribution in [3.05, 3.63) is 38.1 Å². The van der Waals surface area contributed by atoms with Crippen LogP contribution < -0.4 is 25.8 Å². The predicted molar refractivity (Wildman–Crippen MR) is 259 cm³/mol. The molecule has 5 amide bonds. The average Bonchev–Trinajstić information content (AvgIpc) is 3.13. The third kappa shape index (κ3) is 13.9. The lowest BCUT2D eigenvalue weighted by atomic mass is 10.1. The van der Waals surface area contributed by atoms with E-state index in [1.165, 1.54) is 39.6 Å². The molecule has 3 unspecified atom stereocenters. The number of aliphatic hydroxyl groups is 4. The van der Waals surface area contributed by atoms with Crippen LogP contribution >= 0.6 is 136 Å². The molecule has 0 saturated carbocycles. The number of benzene rings is 2. The van der Waals surface area contributed by atoms with E-state index in [1.54, 1.807) is 22.6 Å².